The van der Waals surface area contributed by atoms with E-state index in [-0.39, 0.29) is 17.4 Å². The molecule has 2 aromatic rings. The van der Waals surface area contributed by atoms with E-state index >= 15 is 0 Å². The summed E-state index contributed by atoms with van der Waals surface area (Å²) in [4.78, 5) is 22.9. The van der Waals surface area contributed by atoms with Crippen LogP contribution >= 0.6 is 23.2 Å². The van der Waals surface area contributed by atoms with E-state index in [0.717, 1.165) is 0 Å². The Morgan fingerprint density at radius 2 is 2.00 bits per heavy atom. The average Bonchev–Trinajstić information content (AvgIpc) is 2.72. The molecule has 0 aliphatic rings. The first-order chi connectivity index (χ1) is 8.52. The van der Waals surface area contributed by atoms with Crippen LogP contribution in [-0.4, -0.2) is 18.4 Å². The van der Waals surface area contributed by atoms with Gasteiger partial charge in [0.2, 0.25) is 0 Å². The number of carbonyl (C=O) groups excluding carboxylic acids is 2. The Kier molecular flexibility index (Phi) is 3.59. The second-order valence-corrected chi connectivity index (χ2v) is 4.31. The number of esters is 1. The van der Waals surface area contributed by atoms with E-state index in [1.165, 1.54) is 12.1 Å². The zero-order valence-corrected chi connectivity index (χ0v) is 10.8. The van der Waals surface area contributed by atoms with Gasteiger partial charge in [-0.3, -0.25) is 4.79 Å². The topological polar surface area (TPSA) is 56.5 Å². The molecule has 0 saturated heterocycles. The fraction of sp³-hybridized carbons (Fsp3) is 0.167. The molecule has 1 heterocycles. The molecule has 1 aromatic carbocycles. The van der Waals surface area contributed by atoms with Crippen molar-refractivity contribution >= 4 is 45.9 Å². The molecule has 0 unspecified atom stereocenters. The highest BCUT2D eigenvalue weighted by Gasteiger charge is 2.22. The number of Topliss-reactive ketones (excluding diaryl/α,β-unsaturated/α-hetero) is 1. The van der Waals surface area contributed by atoms with Gasteiger partial charge in [-0.25, -0.2) is 4.79 Å². The van der Waals surface area contributed by atoms with Crippen molar-refractivity contribution in [1.29, 1.82) is 0 Å². The average molecular weight is 287 g/mol. The second kappa shape index (κ2) is 5.00. The maximum Gasteiger partial charge on any atom is 0.383 e. The third-order valence-corrected chi connectivity index (χ3v) is 2.72. The molecule has 0 saturated carbocycles. The molecular weight excluding hydrogens is 279 g/mol. The van der Waals surface area contributed by atoms with Crippen molar-refractivity contribution in [2.75, 3.05) is 6.61 Å². The largest absolute Gasteiger partial charge is 0.460 e. The van der Waals surface area contributed by atoms with Crippen LogP contribution in [0, 0.1) is 0 Å². The van der Waals surface area contributed by atoms with E-state index in [4.69, 9.17) is 27.6 Å². The minimum atomic E-state index is -0.959. The van der Waals surface area contributed by atoms with E-state index in [9.17, 15) is 9.59 Å². The second-order valence-electron chi connectivity index (χ2n) is 3.47. The highest BCUT2D eigenvalue weighted by molar-refractivity contribution is 6.41. The number of ketones is 1. The summed E-state index contributed by atoms with van der Waals surface area (Å²) < 4.78 is 9.84. The Hall–Kier alpha value is -1.52. The van der Waals surface area contributed by atoms with E-state index < -0.39 is 11.8 Å². The van der Waals surface area contributed by atoms with Gasteiger partial charge in [0.1, 0.15) is 0 Å². The Morgan fingerprint density at radius 3 is 2.67 bits per heavy atom. The standard InChI is InChI=1S/C12H8Cl2O4/c1-2-17-12(16)10(15)9-4-6-3-7(13)5-8(14)11(6)18-9/h3-5H,2H2,1H3. The number of hydrogen-bond donors (Lipinski definition) is 0. The lowest BCUT2D eigenvalue weighted by Crippen LogP contribution is -2.16. The van der Waals surface area contributed by atoms with Crippen molar-refractivity contribution < 1.29 is 18.7 Å². The van der Waals surface area contributed by atoms with Crippen molar-refractivity contribution in [3.63, 3.8) is 0 Å². The molecule has 1 aromatic heterocycles. The summed E-state index contributed by atoms with van der Waals surface area (Å²) in [5.74, 6) is -1.92. The van der Waals surface area contributed by atoms with Gasteiger partial charge in [-0.05, 0) is 25.1 Å². The van der Waals surface area contributed by atoms with Gasteiger partial charge in [0, 0.05) is 10.4 Å². The molecule has 0 aliphatic carbocycles. The molecule has 0 N–H and O–H groups in total. The lowest BCUT2D eigenvalue weighted by molar-refractivity contribution is -0.137. The summed E-state index contributed by atoms with van der Waals surface area (Å²) in [5.41, 5.74) is 0.314. The zero-order valence-electron chi connectivity index (χ0n) is 9.33. The van der Waals surface area contributed by atoms with Gasteiger partial charge in [0.25, 0.3) is 0 Å². The van der Waals surface area contributed by atoms with Gasteiger partial charge < -0.3 is 9.15 Å². The molecule has 0 atom stereocenters. The number of ether oxygens (including phenoxy) is 1. The molecule has 2 rings (SSSR count). The van der Waals surface area contributed by atoms with Crippen LogP contribution in [0.25, 0.3) is 11.0 Å². The maximum atomic E-state index is 11.7. The fourth-order valence-electron chi connectivity index (χ4n) is 1.48. The first kappa shape index (κ1) is 12.9. The maximum absolute atomic E-state index is 11.7. The quantitative estimate of drug-likeness (QED) is 0.492. The SMILES string of the molecule is CCOC(=O)C(=O)c1cc2cc(Cl)cc(Cl)c2o1. The van der Waals surface area contributed by atoms with E-state index in [2.05, 4.69) is 4.74 Å². The van der Waals surface area contributed by atoms with Crippen molar-refractivity contribution in [3.8, 4) is 0 Å². The normalized spacial score (nSPS) is 10.6. The van der Waals surface area contributed by atoms with Crippen molar-refractivity contribution in [3.05, 3.63) is 34.0 Å². The summed E-state index contributed by atoms with van der Waals surface area (Å²) in [7, 11) is 0. The molecule has 0 bridgehead atoms. The van der Waals surface area contributed by atoms with Crippen LogP contribution in [-0.2, 0) is 9.53 Å². The Balaban J connectivity index is 2.44. The Morgan fingerprint density at radius 1 is 1.28 bits per heavy atom. The zero-order chi connectivity index (χ0) is 13.3. The molecular formula is C12H8Cl2O4. The summed E-state index contributed by atoms with van der Waals surface area (Å²) in [6, 6.07) is 4.49. The van der Waals surface area contributed by atoms with Crippen LogP contribution in [0.1, 0.15) is 17.5 Å². The van der Waals surface area contributed by atoms with Gasteiger partial charge in [0.05, 0.1) is 11.6 Å². The lowest BCUT2D eigenvalue weighted by atomic mass is 10.2. The van der Waals surface area contributed by atoms with Gasteiger partial charge in [0.15, 0.2) is 11.3 Å². The number of halogens is 2. The molecule has 18 heavy (non-hydrogen) atoms. The molecule has 94 valence electrons. The van der Waals surface area contributed by atoms with Crippen LogP contribution in [0.4, 0.5) is 0 Å². The van der Waals surface area contributed by atoms with Crippen LogP contribution in [0.3, 0.4) is 0 Å². The summed E-state index contributed by atoms with van der Waals surface area (Å²) in [5, 5.41) is 1.25. The van der Waals surface area contributed by atoms with Gasteiger partial charge in [-0.2, -0.15) is 0 Å². The van der Waals surface area contributed by atoms with Gasteiger partial charge in [-0.1, -0.05) is 23.2 Å². The molecule has 0 fully saturated rings. The number of hydrogen-bond acceptors (Lipinski definition) is 4. The number of fused-ring (bicyclic) bond motifs is 1. The number of rotatable bonds is 3. The van der Waals surface area contributed by atoms with Crippen LogP contribution in [0.15, 0.2) is 22.6 Å². The smallest absolute Gasteiger partial charge is 0.383 e. The van der Waals surface area contributed by atoms with E-state index in [1.54, 1.807) is 13.0 Å². The minimum Gasteiger partial charge on any atom is -0.460 e. The predicted molar refractivity (Wildman–Crippen MR) is 67.2 cm³/mol. The van der Waals surface area contributed by atoms with Crippen molar-refractivity contribution in [1.82, 2.24) is 0 Å². The molecule has 0 amide bonds. The Labute approximate surface area is 112 Å². The number of benzene rings is 1. The summed E-state index contributed by atoms with van der Waals surface area (Å²) >= 11 is 11.7. The highest BCUT2D eigenvalue weighted by atomic mass is 35.5. The van der Waals surface area contributed by atoms with Crippen molar-refractivity contribution in [2.45, 2.75) is 6.92 Å². The molecule has 4 nitrogen and oxygen atoms in total. The van der Waals surface area contributed by atoms with E-state index in [0.29, 0.717) is 16.0 Å². The number of carbonyl (C=O) groups is 2. The predicted octanol–water partition coefficient (Wildman–Crippen LogP) is 3.49. The molecule has 0 spiro atoms. The van der Waals surface area contributed by atoms with Crippen LogP contribution < -0.4 is 0 Å². The monoisotopic (exact) mass is 286 g/mol. The summed E-state index contributed by atoms with van der Waals surface area (Å²) in [6.45, 7) is 1.73. The van der Waals surface area contributed by atoms with Gasteiger partial charge >= 0.3 is 11.8 Å². The van der Waals surface area contributed by atoms with Crippen molar-refractivity contribution in [2.24, 2.45) is 0 Å². The van der Waals surface area contributed by atoms with Crippen LogP contribution in [0.2, 0.25) is 10.0 Å². The van der Waals surface area contributed by atoms with Gasteiger partial charge in [-0.15, -0.1) is 0 Å². The van der Waals surface area contributed by atoms with Crippen LogP contribution in [0.5, 0.6) is 0 Å². The number of furan rings is 1. The third-order valence-electron chi connectivity index (χ3n) is 2.22. The molecule has 0 radical (unpaired) electrons. The minimum absolute atomic E-state index is 0.118. The lowest BCUT2D eigenvalue weighted by Gasteiger charge is -1.97. The highest BCUT2D eigenvalue weighted by Crippen LogP contribution is 2.30. The molecule has 6 heteroatoms. The third kappa shape index (κ3) is 2.35. The first-order valence-corrected chi connectivity index (χ1v) is 5.88. The first-order valence-electron chi connectivity index (χ1n) is 5.13. The van der Waals surface area contributed by atoms with E-state index in [1.807, 2.05) is 0 Å². The fourth-order valence-corrected chi connectivity index (χ4v) is 2.03. The summed E-state index contributed by atoms with van der Waals surface area (Å²) in [6.07, 6.45) is 0. The molecule has 0 aliphatic heterocycles. The Bertz CT molecular complexity index is 630.